The van der Waals surface area contributed by atoms with E-state index in [1.165, 1.54) is 16.5 Å². The highest BCUT2D eigenvalue weighted by molar-refractivity contribution is 5.86. The first-order valence-electron chi connectivity index (χ1n) is 10.1. The number of esters is 1. The minimum Gasteiger partial charge on any atom is -0.466 e. The average Bonchev–Trinajstić information content (AvgIpc) is 3.09. The Morgan fingerprint density at radius 1 is 1.30 bits per heavy atom. The number of carbonyl (C=O) groups excluding carboxylic acids is 2. The van der Waals surface area contributed by atoms with Crippen molar-refractivity contribution in [3.63, 3.8) is 0 Å². The number of likely N-dealkylation sites (tertiary alicyclic amines) is 1. The molecule has 1 amide bonds. The van der Waals surface area contributed by atoms with E-state index in [4.69, 9.17) is 4.74 Å². The zero-order valence-electron chi connectivity index (χ0n) is 16.4. The van der Waals surface area contributed by atoms with Crippen LogP contribution in [0.15, 0.2) is 24.4 Å². The van der Waals surface area contributed by atoms with Crippen LogP contribution in [0.3, 0.4) is 0 Å². The summed E-state index contributed by atoms with van der Waals surface area (Å²) in [6, 6.07) is 6.28. The molecule has 1 aromatic carbocycles. The number of fused-ring (bicyclic) bond motifs is 1. The number of amides is 1. The fourth-order valence-electron chi connectivity index (χ4n) is 4.05. The number of aromatic amines is 1. The van der Waals surface area contributed by atoms with E-state index in [1.807, 2.05) is 18.0 Å². The molecule has 1 aliphatic rings. The first-order chi connectivity index (χ1) is 13.1. The predicted molar refractivity (Wildman–Crippen MR) is 107 cm³/mol. The second kappa shape index (κ2) is 9.07. The van der Waals surface area contributed by atoms with Crippen molar-refractivity contribution >= 4 is 22.8 Å². The topological polar surface area (TPSA) is 62.4 Å². The molecule has 1 N–H and O–H groups in total. The van der Waals surface area contributed by atoms with E-state index in [-0.39, 0.29) is 11.9 Å². The lowest BCUT2D eigenvalue weighted by molar-refractivity contribution is -0.143. The van der Waals surface area contributed by atoms with E-state index >= 15 is 0 Å². The van der Waals surface area contributed by atoms with Crippen LogP contribution in [-0.4, -0.2) is 41.5 Å². The highest BCUT2D eigenvalue weighted by atomic mass is 16.5. The normalized spacial score (nSPS) is 17.3. The van der Waals surface area contributed by atoms with Crippen molar-refractivity contribution in [1.29, 1.82) is 0 Å². The Labute approximate surface area is 161 Å². The van der Waals surface area contributed by atoms with E-state index in [0.29, 0.717) is 25.4 Å². The molecule has 0 bridgehead atoms. The van der Waals surface area contributed by atoms with Gasteiger partial charge in [-0.05, 0) is 56.6 Å². The van der Waals surface area contributed by atoms with Gasteiger partial charge in [0.25, 0.3) is 0 Å². The van der Waals surface area contributed by atoms with Gasteiger partial charge in [-0.15, -0.1) is 0 Å². The number of nitrogens with zero attached hydrogens (tertiary/aromatic N) is 1. The molecule has 0 unspecified atom stereocenters. The summed E-state index contributed by atoms with van der Waals surface area (Å²) in [5.74, 6) is 0.497. The number of para-hydroxylation sites is 1. The standard InChI is InChI=1S/C22H30N2O3/c1-3-27-21(26)12-9-17-7-5-13-24(15-17)20(25)11-10-18-14-23-22-16(2)6-4-8-19(18)22/h4,6,8,14,17,23H,3,5,7,9-13,15H2,1-2H3/t17-/m1/s1. The van der Waals surface area contributed by atoms with Crippen molar-refractivity contribution in [2.75, 3.05) is 19.7 Å². The maximum absolute atomic E-state index is 12.7. The molecule has 2 aromatic rings. The summed E-state index contributed by atoms with van der Waals surface area (Å²) < 4.78 is 5.01. The number of H-pyrrole nitrogens is 1. The van der Waals surface area contributed by atoms with Crippen molar-refractivity contribution in [2.45, 2.75) is 52.4 Å². The number of rotatable bonds is 7. The third-order valence-corrected chi connectivity index (χ3v) is 5.55. The Hall–Kier alpha value is -2.30. The van der Waals surface area contributed by atoms with Crippen LogP contribution in [0.1, 0.15) is 50.2 Å². The third-order valence-electron chi connectivity index (χ3n) is 5.55. The summed E-state index contributed by atoms with van der Waals surface area (Å²) in [6.07, 6.45) is 6.69. The van der Waals surface area contributed by atoms with Crippen LogP contribution in [0.4, 0.5) is 0 Å². The van der Waals surface area contributed by atoms with Crippen molar-refractivity contribution in [3.8, 4) is 0 Å². The van der Waals surface area contributed by atoms with E-state index in [1.54, 1.807) is 0 Å². The molecule has 5 nitrogen and oxygen atoms in total. The predicted octanol–water partition coefficient (Wildman–Crippen LogP) is 3.99. The summed E-state index contributed by atoms with van der Waals surface area (Å²) in [7, 11) is 0. The van der Waals surface area contributed by atoms with Gasteiger partial charge in [0.1, 0.15) is 0 Å². The van der Waals surface area contributed by atoms with Crippen molar-refractivity contribution in [1.82, 2.24) is 9.88 Å². The lowest BCUT2D eigenvalue weighted by atomic mass is 9.93. The summed E-state index contributed by atoms with van der Waals surface area (Å²) in [5, 5.41) is 1.22. The molecule has 1 aliphatic heterocycles. The van der Waals surface area contributed by atoms with Crippen molar-refractivity contribution in [3.05, 3.63) is 35.5 Å². The quantitative estimate of drug-likeness (QED) is 0.750. The molecule has 27 heavy (non-hydrogen) atoms. The van der Waals surface area contributed by atoms with E-state index in [9.17, 15) is 9.59 Å². The average molecular weight is 370 g/mol. The maximum Gasteiger partial charge on any atom is 0.305 e. The number of carbonyl (C=O) groups is 2. The lowest BCUT2D eigenvalue weighted by Crippen LogP contribution is -2.40. The molecule has 1 fully saturated rings. The Kier molecular flexibility index (Phi) is 6.54. The van der Waals surface area contributed by atoms with Crippen LogP contribution >= 0.6 is 0 Å². The number of hydrogen-bond donors (Lipinski definition) is 1. The number of aromatic nitrogens is 1. The largest absolute Gasteiger partial charge is 0.466 e. The van der Waals surface area contributed by atoms with Gasteiger partial charge < -0.3 is 14.6 Å². The monoisotopic (exact) mass is 370 g/mol. The molecule has 0 aliphatic carbocycles. The molecule has 1 atom stereocenters. The number of piperidine rings is 1. The van der Waals surface area contributed by atoms with Gasteiger partial charge in [0, 0.05) is 43.0 Å². The zero-order valence-corrected chi connectivity index (χ0v) is 16.4. The Balaban J connectivity index is 1.51. The molecular formula is C22H30N2O3. The minimum absolute atomic E-state index is 0.129. The van der Waals surface area contributed by atoms with Gasteiger partial charge in [0.05, 0.1) is 6.61 Å². The first-order valence-corrected chi connectivity index (χ1v) is 10.1. The summed E-state index contributed by atoms with van der Waals surface area (Å²) in [6.45, 7) is 5.96. The lowest BCUT2D eigenvalue weighted by Gasteiger charge is -2.32. The van der Waals surface area contributed by atoms with Crippen molar-refractivity contribution < 1.29 is 14.3 Å². The smallest absolute Gasteiger partial charge is 0.305 e. The SMILES string of the molecule is CCOC(=O)CC[C@H]1CCCN(C(=O)CCc2c[nH]c3c(C)cccc23)C1. The number of aryl methyl sites for hydroxylation is 2. The molecule has 3 rings (SSSR count). The van der Waals surface area contributed by atoms with Gasteiger partial charge in [-0.3, -0.25) is 9.59 Å². The van der Waals surface area contributed by atoms with Gasteiger partial charge in [-0.2, -0.15) is 0 Å². The Bertz CT molecular complexity index is 796. The molecule has 2 heterocycles. The van der Waals surface area contributed by atoms with Crippen LogP contribution in [0, 0.1) is 12.8 Å². The van der Waals surface area contributed by atoms with Gasteiger partial charge in [0.15, 0.2) is 0 Å². The van der Waals surface area contributed by atoms with Gasteiger partial charge in [0.2, 0.25) is 5.91 Å². The van der Waals surface area contributed by atoms with Gasteiger partial charge in [-0.25, -0.2) is 0 Å². The zero-order chi connectivity index (χ0) is 19.2. The van der Waals surface area contributed by atoms with Gasteiger partial charge >= 0.3 is 5.97 Å². The number of benzene rings is 1. The summed E-state index contributed by atoms with van der Waals surface area (Å²) >= 11 is 0. The second-order valence-electron chi connectivity index (χ2n) is 7.50. The first kappa shape index (κ1) is 19.5. The molecule has 5 heteroatoms. The fourth-order valence-corrected chi connectivity index (χ4v) is 4.05. The minimum atomic E-state index is -0.129. The molecule has 0 spiro atoms. The maximum atomic E-state index is 12.7. The highest BCUT2D eigenvalue weighted by Crippen LogP contribution is 2.24. The van der Waals surface area contributed by atoms with Crippen LogP contribution in [0.25, 0.3) is 10.9 Å². The summed E-state index contributed by atoms with van der Waals surface area (Å²) in [5.41, 5.74) is 3.60. The third kappa shape index (κ3) is 4.90. The fraction of sp³-hybridized carbons (Fsp3) is 0.545. The summed E-state index contributed by atoms with van der Waals surface area (Å²) in [4.78, 5) is 29.6. The van der Waals surface area contributed by atoms with Crippen LogP contribution in [0.5, 0.6) is 0 Å². The molecule has 0 saturated carbocycles. The number of hydrogen-bond acceptors (Lipinski definition) is 3. The second-order valence-corrected chi connectivity index (χ2v) is 7.50. The Morgan fingerprint density at radius 2 is 2.15 bits per heavy atom. The Morgan fingerprint density at radius 3 is 2.96 bits per heavy atom. The van der Waals surface area contributed by atoms with E-state index < -0.39 is 0 Å². The van der Waals surface area contributed by atoms with Crippen LogP contribution < -0.4 is 0 Å². The highest BCUT2D eigenvalue weighted by Gasteiger charge is 2.24. The van der Waals surface area contributed by atoms with Crippen LogP contribution in [0.2, 0.25) is 0 Å². The molecular weight excluding hydrogens is 340 g/mol. The molecule has 0 radical (unpaired) electrons. The molecule has 146 valence electrons. The van der Waals surface area contributed by atoms with E-state index in [2.05, 4.69) is 30.1 Å². The molecule has 1 saturated heterocycles. The molecule has 1 aromatic heterocycles. The van der Waals surface area contributed by atoms with Crippen LogP contribution in [-0.2, 0) is 20.7 Å². The number of ether oxygens (including phenoxy) is 1. The van der Waals surface area contributed by atoms with Gasteiger partial charge in [-0.1, -0.05) is 18.2 Å². The van der Waals surface area contributed by atoms with E-state index in [0.717, 1.165) is 44.3 Å². The van der Waals surface area contributed by atoms with Crippen molar-refractivity contribution in [2.24, 2.45) is 5.92 Å². The number of nitrogens with one attached hydrogen (secondary N) is 1.